The second-order valence-corrected chi connectivity index (χ2v) is 6.24. The third kappa shape index (κ3) is 4.24. The van der Waals surface area contributed by atoms with Crippen LogP contribution in [-0.4, -0.2) is 28.8 Å². The molecular formula is C18H24ClN3O2. The summed E-state index contributed by atoms with van der Waals surface area (Å²) in [7, 11) is 0. The maximum atomic E-state index is 12.4. The van der Waals surface area contributed by atoms with Gasteiger partial charge < -0.3 is 16.0 Å². The van der Waals surface area contributed by atoms with Crippen LogP contribution in [0.2, 0.25) is 0 Å². The Kier molecular flexibility index (Phi) is 6.75. The van der Waals surface area contributed by atoms with Crippen LogP contribution in [-0.2, 0) is 0 Å². The number of H-pyrrole nitrogens is 1. The molecule has 1 aromatic heterocycles. The van der Waals surface area contributed by atoms with Crippen LogP contribution in [0.1, 0.15) is 47.1 Å². The number of rotatable bonds is 6. The lowest BCUT2D eigenvalue weighted by atomic mass is 9.88. The van der Waals surface area contributed by atoms with Crippen molar-refractivity contribution in [1.29, 1.82) is 0 Å². The third-order valence-electron chi connectivity index (χ3n) is 4.37. The number of aromatic amines is 1. The molecule has 1 aromatic carbocycles. The summed E-state index contributed by atoms with van der Waals surface area (Å²) >= 11 is 0. The molecule has 0 bridgehead atoms. The van der Waals surface area contributed by atoms with Crippen molar-refractivity contribution >= 4 is 24.1 Å². The van der Waals surface area contributed by atoms with Crippen molar-refractivity contribution in [2.45, 2.75) is 26.3 Å². The Morgan fingerprint density at radius 2 is 1.71 bits per heavy atom. The van der Waals surface area contributed by atoms with E-state index < -0.39 is 5.54 Å². The van der Waals surface area contributed by atoms with Crippen LogP contribution in [0.25, 0.3) is 0 Å². The molecule has 0 aliphatic heterocycles. The first-order valence-electron chi connectivity index (χ1n) is 7.67. The van der Waals surface area contributed by atoms with Crippen molar-refractivity contribution in [1.82, 2.24) is 10.3 Å². The standard InChI is InChI=1S/C18H23N3O2.ClH/c1-12(2)18(3,11-19)21-17(23)14-6-4-13(5-7-14)16(22)15-8-9-20-10-15;/h4-10,12,20H,11,19H2,1-3H3,(H,21,23);1H. The number of carbonyl (C=O) groups excluding carboxylic acids is 2. The molecule has 1 amide bonds. The predicted octanol–water partition coefficient (Wildman–Crippen LogP) is 2.77. The molecule has 4 N–H and O–H groups in total. The number of carbonyl (C=O) groups is 2. The molecule has 2 aromatic rings. The van der Waals surface area contributed by atoms with Gasteiger partial charge in [-0.25, -0.2) is 0 Å². The Labute approximate surface area is 148 Å². The molecule has 0 fully saturated rings. The highest BCUT2D eigenvalue weighted by Gasteiger charge is 2.28. The Balaban J connectivity index is 0.00000288. The molecule has 2 rings (SSSR count). The monoisotopic (exact) mass is 349 g/mol. The van der Waals surface area contributed by atoms with Gasteiger partial charge in [0.2, 0.25) is 0 Å². The maximum absolute atomic E-state index is 12.4. The average Bonchev–Trinajstić information content (AvgIpc) is 3.08. The van der Waals surface area contributed by atoms with Gasteiger partial charge in [-0.1, -0.05) is 26.0 Å². The average molecular weight is 350 g/mol. The summed E-state index contributed by atoms with van der Waals surface area (Å²) in [6, 6.07) is 8.37. The van der Waals surface area contributed by atoms with Crippen LogP contribution in [0.3, 0.4) is 0 Å². The summed E-state index contributed by atoms with van der Waals surface area (Å²) in [5.41, 5.74) is 6.98. The fraction of sp³-hybridized carbons (Fsp3) is 0.333. The normalized spacial score (nSPS) is 13.0. The van der Waals surface area contributed by atoms with Gasteiger partial charge in [-0.2, -0.15) is 0 Å². The molecule has 5 nitrogen and oxygen atoms in total. The SMILES string of the molecule is CC(C)C(C)(CN)NC(=O)c1ccc(C(=O)c2cc[nH]c2)cc1.Cl. The first-order chi connectivity index (χ1) is 10.9. The van der Waals surface area contributed by atoms with E-state index in [0.29, 0.717) is 23.2 Å². The lowest BCUT2D eigenvalue weighted by molar-refractivity contribution is 0.0882. The van der Waals surface area contributed by atoms with E-state index in [9.17, 15) is 9.59 Å². The summed E-state index contributed by atoms with van der Waals surface area (Å²) < 4.78 is 0. The van der Waals surface area contributed by atoms with Gasteiger partial charge >= 0.3 is 0 Å². The third-order valence-corrected chi connectivity index (χ3v) is 4.37. The molecule has 1 atom stereocenters. The lowest BCUT2D eigenvalue weighted by Crippen LogP contribution is -2.55. The number of ketones is 1. The van der Waals surface area contributed by atoms with E-state index >= 15 is 0 Å². The Hall–Kier alpha value is -2.11. The molecule has 24 heavy (non-hydrogen) atoms. The van der Waals surface area contributed by atoms with Crippen molar-refractivity contribution < 1.29 is 9.59 Å². The molecule has 0 aliphatic rings. The number of amides is 1. The smallest absolute Gasteiger partial charge is 0.251 e. The highest BCUT2D eigenvalue weighted by atomic mass is 35.5. The van der Waals surface area contributed by atoms with Gasteiger partial charge in [-0.05, 0) is 31.0 Å². The number of nitrogens with two attached hydrogens (primary N) is 1. The number of benzene rings is 1. The summed E-state index contributed by atoms with van der Waals surface area (Å²) in [5, 5.41) is 2.98. The molecule has 0 aliphatic carbocycles. The molecule has 0 radical (unpaired) electrons. The van der Waals surface area contributed by atoms with E-state index in [1.165, 1.54) is 0 Å². The molecule has 1 unspecified atom stereocenters. The van der Waals surface area contributed by atoms with Crippen molar-refractivity contribution in [3.05, 3.63) is 59.4 Å². The molecule has 1 heterocycles. The van der Waals surface area contributed by atoms with Gasteiger partial charge in [0.05, 0.1) is 5.54 Å². The zero-order valence-corrected chi connectivity index (χ0v) is 14.9. The molecule has 0 spiro atoms. The van der Waals surface area contributed by atoms with Crippen molar-refractivity contribution in [2.75, 3.05) is 6.54 Å². The van der Waals surface area contributed by atoms with E-state index in [0.717, 1.165) is 0 Å². The van der Waals surface area contributed by atoms with Crippen LogP contribution in [0.5, 0.6) is 0 Å². The van der Waals surface area contributed by atoms with Crippen LogP contribution < -0.4 is 11.1 Å². The summed E-state index contributed by atoms with van der Waals surface area (Å²) in [4.78, 5) is 27.4. The van der Waals surface area contributed by atoms with E-state index in [-0.39, 0.29) is 30.0 Å². The molecule has 130 valence electrons. The first-order valence-corrected chi connectivity index (χ1v) is 7.67. The maximum Gasteiger partial charge on any atom is 0.251 e. The lowest BCUT2D eigenvalue weighted by Gasteiger charge is -2.33. The highest BCUT2D eigenvalue weighted by Crippen LogP contribution is 2.16. The fourth-order valence-electron chi connectivity index (χ4n) is 2.17. The van der Waals surface area contributed by atoms with Gasteiger partial charge in [0.25, 0.3) is 5.91 Å². The number of nitrogens with one attached hydrogen (secondary N) is 2. The quantitative estimate of drug-likeness (QED) is 0.701. The zero-order valence-electron chi connectivity index (χ0n) is 14.1. The minimum absolute atomic E-state index is 0. The summed E-state index contributed by atoms with van der Waals surface area (Å²) in [6.07, 6.45) is 3.35. The Bertz CT molecular complexity index is 681. The van der Waals surface area contributed by atoms with Gasteiger partial charge in [0, 0.05) is 35.6 Å². The largest absolute Gasteiger partial charge is 0.367 e. The van der Waals surface area contributed by atoms with E-state index in [1.54, 1.807) is 42.7 Å². The molecule has 0 saturated carbocycles. The van der Waals surface area contributed by atoms with Crippen LogP contribution in [0.15, 0.2) is 42.7 Å². The first kappa shape index (κ1) is 19.9. The van der Waals surface area contributed by atoms with Crippen LogP contribution in [0, 0.1) is 5.92 Å². The number of hydrogen-bond acceptors (Lipinski definition) is 3. The second kappa shape index (κ2) is 8.13. The summed E-state index contributed by atoms with van der Waals surface area (Å²) in [6.45, 7) is 6.33. The number of hydrogen-bond donors (Lipinski definition) is 3. The zero-order chi connectivity index (χ0) is 17.0. The predicted molar refractivity (Wildman–Crippen MR) is 97.7 cm³/mol. The van der Waals surface area contributed by atoms with Crippen LogP contribution >= 0.6 is 12.4 Å². The van der Waals surface area contributed by atoms with Crippen molar-refractivity contribution in [2.24, 2.45) is 11.7 Å². The molecule has 0 saturated heterocycles. The van der Waals surface area contributed by atoms with Crippen molar-refractivity contribution in [3.8, 4) is 0 Å². The van der Waals surface area contributed by atoms with Crippen LogP contribution in [0.4, 0.5) is 0 Å². The number of halogens is 1. The van der Waals surface area contributed by atoms with E-state index in [1.807, 2.05) is 20.8 Å². The van der Waals surface area contributed by atoms with Crippen molar-refractivity contribution in [3.63, 3.8) is 0 Å². The van der Waals surface area contributed by atoms with Gasteiger partial charge in [0.15, 0.2) is 5.78 Å². The number of aromatic nitrogens is 1. The second-order valence-electron chi connectivity index (χ2n) is 6.24. The minimum atomic E-state index is -0.462. The highest BCUT2D eigenvalue weighted by molar-refractivity contribution is 6.09. The molecular weight excluding hydrogens is 326 g/mol. The minimum Gasteiger partial charge on any atom is -0.367 e. The van der Waals surface area contributed by atoms with Gasteiger partial charge in [0.1, 0.15) is 0 Å². The topological polar surface area (TPSA) is 88.0 Å². The van der Waals surface area contributed by atoms with E-state index in [4.69, 9.17) is 5.73 Å². The fourth-order valence-corrected chi connectivity index (χ4v) is 2.17. The Morgan fingerprint density at radius 3 is 2.17 bits per heavy atom. The molecule has 6 heteroatoms. The summed E-state index contributed by atoms with van der Waals surface area (Å²) in [5.74, 6) is -0.0506. The van der Waals surface area contributed by atoms with Gasteiger partial charge in [-0.3, -0.25) is 9.59 Å². The van der Waals surface area contributed by atoms with E-state index in [2.05, 4.69) is 10.3 Å². The van der Waals surface area contributed by atoms with Gasteiger partial charge in [-0.15, -0.1) is 12.4 Å². The Morgan fingerprint density at radius 1 is 1.12 bits per heavy atom.